The molecule has 2 aromatic heterocycles. The van der Waals surface area contributed by atoms with Crippen molar-refractivity contribution in [2.24, 2.45) is 5.92 Å². The summed E-state index contributed by atoms with van der Waals surface area (Å²) in [5, 5.41) is 13.3. The van der Waals surface area contributed by atoms with Gasteiger partial charge in [-0.05, 0) is 60.7 Å². The summed E-state index contributed by atoms with van der Waals surface area (Å²) in [6.45, 7) is 7.17. The number of nitrogens with one attached hydrogen (secondary N) is 1. The van der Waals surface area contributed by atoms with Crippen molar-refractivity contribution in [1.82, 2.24) is 14.3 Å². The van der Waals surface area contributed by atoms with E-state index in [2.05, 4.69) is 33.4 Å². The summed E-state index contributed by atoms with van der Waals surface area (Å²) in [7, 11) is 1.78. The summed E-state index contributed by atoms with van der Waals surface area (Å²) in [6.07, 6.45) is 6.29. The smallest absolute Gasteiger partial charge is 0.303 e. The quantitative estimate of drug-likeness (QED) is 0.469. The molecule has 0 aliphatic heterocycles. The van der Waals surface area contributed by atoms with Gasteiger partial charge >= 0.3 is 5.97 Å². The van der Waals surface area contributed by atoms with E-state index in [0.29, 0.717) is 23.2 Å². The van der Waals surface area contributed by atoms with E-state index in [0.717, 1.165) is 49.3 Å². The van der Waals surface area contributed by atoms with Gasteiger partial charge in [-0.2, -0.15) is 9.36 Å². The number of aliphatic carboxylic acids is 1. The van der Waals surface area contributed by atoms with Crippen molar-refractivity contribution in [1.29, 1.82) is 0 Å². The number of hydrogen-bond donors (Lipinski definition) is 2. The molecular weight excluding hydrogens is 450 g/mol. The van der Waals surface area contributed by atoms with E-state index in [1.807, 2.05) is 13.0 Å². The van der Waals surface area contributed by atoms with Crippen LogP contribution in [0.15, 0.2) is 12.3 Å². The lowest BCUT2D eigenvalue weighted by Crippen LogP contribution is -2.42. The minimum atomic E-state index is -0.830. The maximum absolute atomic E-state index is 11.2. The van der Waals surface area contributed by atoms with Crippen LogP contribution in [0.4, 0.5) is 16.6 Å². The Balaban J connectivity index is 1.96. The number of carboxylic acids is 1. The molecule has 176 valence electrons. The minimum Gasteiger partial charge on any atom is -0.481 e. The summed E-state index contributed by atoms with van der Waals surface area (Å²) < 4.78 is 9.61. The Morgan fingerprint density at radius 2 is 2.06 bits per heavy atom. The molecule has 0 bridgehead atoms. The fourth-order valence-corrected chi connectivity index (χ4v) is 4.93. The molecule has 32 heavy (non-hydrogen) atoms. The summed E-state index contributed by atoms with van der Waals surface area (Å²) in [5.74, 6) is 0.301. The summed E-state index contributed by atoms with van der Waals surface area (Å²) in [4.78, 5) is 22.7. The van der Waals surface area contributed by atoms with Crippen LogP contribution in [0.25, 0.3) is 0 Å². The molecule has 1 fully saturated rings. The number of rotatable bonds is 10. The first kappa shape index (κ1) is 24.7. The van der Waals surface area contributed by atoms with Crippen molar-refractivity contribution in [3.8, 4) is 0 Å². The number of pyridine rings is 1. The van der Waals surface area contributed by atoms with Crippen LogP contribution in [0.3, 0.4) is 0 Å². The zero-order chi connectivity index (χ0) is 23.3. The molecule has 2 heterocycles. The molecule has 8 nitrogen and oxygen atoms in total. The Morgan fingerprint density at radius 1 is 1.34 bits per heavy atom. The normalized spacial score (nSPS) is 19.7. The monoisotopic (exact) mass is 481 g/mol. The molecule has 2 aromatic rings. The van der Waals surface area contributed by atoms with Crippen LogP contribution in [0, 0.1) is 5.92 Å². The number of hydrogen-bond acceptors (Lipinski definition) is 8. The lowest BCUT2D eigenvalue weighted by Gasteiger charge is -2.39. The molecule has 1 aliphatic rings. The highest BCUT2D eigenvalue weighted by atomic mass is 35.5. The average molecular weight is 482 g/mol. The molecule has 0 radical (unpaired) electrons. The molecule has 1 unspecified atom stereocenters. The molecular formula is C22H32ClN5O3S. The van der Waals surface area contributed by atoms with E-state index in [1.54, 1.807) is 13.3 Å². The third-order valence-electron chi connectivity index (χ3n) is 5.83. The number of ether oxygens (including phenoxy) is 1. The Labute approximate surface area is 198 Å². The average Bonchev–Trinajstić information content (AvgIpc) is 3.16. The molecule has 2 N–H and O–H groups in total. The number of aromatic nitrogens is 3. The molecule has 1 saturated carbocycles. The van der Waals surface area contributed by atoms with Crippen LogP contribution in [0.2, 0.25) is 5.28 Å². The third kappa shape index (κ3) is 6.52. The number of anilines is 3. The van der Waals surface area contributed by atoms with Gasteiger partial charge in [-0.25, -0.2) is 4.98 Å². The number of nitrogens with zero attached hydrogens (tertiary/aromatic N) is 4. The summed E-state index contributed by atoms with van der Waals surface area (Å²) >= 11 is 7.11. The van der Waals surface area contributed by atoms with E-state index in [1.165, 1.54) is 11.5 Å². The Bertz CT molecular complexity index is 901. The first-order valence-electron chi connectivity index (χ1n) is 11.0. The predicted octanol–water partition coefficient (Wildman–Crippen LogP) is 5.33. The Hall–Kier alpha value is -1.97. The summed E-state index contributed by atoms with van der Waals surface area (Å²) in [5.41, 5.74) is 1.66. The van der Waals surface area contributed by atoms with Crippen LogP contribution < -0.4 is 10.2 Å². The Morgan fingerprint density at radius 3 is 2.62 bits per heavy atom. The molecule has 0 amide bonds. The van der Waals surface area contributed by atoms with E-state index >= 15 is 0 Å². The van der Waals surface area contributed by atoms with Crippen molar-refractivity contribution < 1.29 is 14.6 Å². The topological polar surface area (TPSA) is 100 Å². The second-order valence-electron chi connectivity index (χ2n) is 8.84. The maximum atomic E-state index is 11.2. The van der Waals surface area contributed by atoms with E-state index < -0.39 is 5.97 Å². The molecule has 3 rings (SSSR count). The van der Waals surface area contributed by atoms with Crippen LogP contribution in [0.1, 0.15) is 64.4 Å². The van der Waals surface area contributed by atoms with E-state index in [9.17, 15) is 9.90 Å². The molecule has 0 spiro atoms. The lowest BCUT2D eigenvalue weighted by molar-refractivity contribution is -0.137. The minimum absolute atomic E-state index is 0.0435. The van der Waals surface area contributed by atoms with Gasteiger partial charge in [0.15, 0.2) is 5.82 Å². The SMILES string of the molecule is COC1CCC(N(CC(C)C)c2ncc(C(C)CC(=O)O)cc2Nc2nc(Cl)ns2)CC1. The van der Waals surface area contributed by atoms with Gasteiger partial charge in [0.2, 0.25) is 10.4 Å². The van der Waals surface area contributed by atoms with Gasteiger partial charge in [0, 0.05) is 37.4 Å². The van der Waals surface area contributed by atoms with Crippen molar-refractivity contribution in [3.05, 3.63) is 23.1 Å². The highest BCUT2D eigenvalue weighted by Gasteiger charge is 2.29. The standard InChI is InChI=1S/C22H32ClN5O3S/c1-13(2)12-28(16-5-7-17(31-4)8-6-16)20-18(25-22-26-21(23)27-32-22)10-15(11-24-20)14(3)9-19(29)30/h10-11,13-14,16-17H,5-9,12H2,1-4H3,(H,29,30)(H,25,26,27). The fraction of sp³-hybridized carbons (Fsp3) is 0.636. The van der Waals surface area contributed by atoms with Gasteiger partial charge < -0.3 is 20.1 Å². The zero-order valence-electron chi connectivity index (χ0n) is 19.0. The number of halogens is 1. The fourth-order valence-electron chi connectivity index (χ4n) is 4.21. The van der Waals surface area contributed by atoms with E-state index in [-0.39, 0.29) is 17.6 Å². The molecule has 10 heteroatoms. The van der Waals surface area contributed by atoms with Gasteiger partial charge in [0.05, 0.1) is 18.2 Å². The summed E-state index contributed by atoms with van der Waals surface area (Å²) in [6, 6.07) is 2.34. The van der Waals surface area contributed by atoms with Crippen LogP contribution >= 0.6 is 23.1 Å². The Kier molecular flexibility index (Phi) is 8.67. The first-order chi connectivity index (χ1) is 15.3. The second kappa shape index (κ2) is 11.2. The van der Waals surface area contributed by atoms with Gasteiger partial charge in [-0.3, -0.25) is 4.79 Å². The number of carbonyl (C=O) groups is 1. The van der Waals surface area contributed by atoms with Crippen molar-refractivity contribution in [3.63, 3.8) is 0 Å². The highest BCUT2D eigenvalue weighted by Crippen LogP contribution is 2.36. The van der Waals surface area contributed by atoms with Crippen molar-refractivity contribution >= 4 is 45.7 Å². The molecule has 0 aromatic carbocycles. The molecule has 1 aliphatic carbocycles. The molecule has 0 saturated heterocycles. The largest absolute Gasteiger partial charge is 0.481 e. The highest BCUT2D eigenvalue weighted by molar-refractivity contribution is 7.10. The zero-order valence-corrected chi connectivity index (χ0v) is 20.6. The first-order valence-corrected chi connectivity index (χ1v) is 12.2. The van der Waals surface area contributed by atoms with Crippen LogP contribution in [-0.2, 0) is 9.53 Å². The van der Waals surface area contributed by atoms with Crippen LogP contribution in [-0.4, -0.2) is 51.2 Å². The van der Waals surface area contributed by atoms with Gasteiger partial charge in [-0.1, -0.05) is 20.8 Å². The van der Waals surface area contributed by atoms with Gasteiger partial charge in [0.1, 0.15) is 0 Å². The van der Waals surface area contributed by atoms with Crippen molar-refractivity contribution in [2.45, 2.75) is 70.9 Å². The third-order valence-corrected chi connectivity index (χ3v) is 6.73. The predicted molar refractivity (Wildman–Crippen MR) is 128 cm³/mol. The number of methoxy groups -OCH3 is 1. The number of carboxylic acid groups (broad SMARTS) is 1. The van der Waals surface area contributed by atoms with Gasteiger partial charge in [0.25, 0.3) is 0 Å². The van der Waals surface area contributed by atoms with E-state index in [4.69, 9.17) is 21.3 Å². The molecule has 1 atom stereocenters. The maximum Gasteiger partial charge on any atom is 0.303 e. The van der Waals surface area contributed by atoms with Gasteiger partial charge in [-0.15, -0.1) is 0 Å². The second-order valence-corrected chi connectivity index (χ2v) is 9.93. The van der Waals surface area contributed by atoms with Crippen LogP contribution in [0.5, 0.6) is 0 Å². The lowest BCUT2D eigenvalue weighted by atomic mass is 9.91. The van der Waals surface area contributed by atoms with Crippen molar-refractivity contribution in [2.75, 3.05) is 23.9 Å².